The predicted molar refractivity (Wildman–Crippen MR) is 83.5 cm³/mol. The number of carbonyl (C=O) groups is 1. The van der Waals surface area contributed by atoms with Gasteiger partial charge in [0.15, 0.2) is 0 Å². The normalized spacial score (nSPS) is 17.4. The molecule has 1 fully saturated rings. The summed E-state index contributed by atoms with van der Waals surface area (Å²) in [4.78, 5) is 13.4. The molecule has 1 aromatic heterocycles. The first kappa shape index (κ1) is 15.4. The Morgan fingerprint density at radius 3 is 3.22 bits per heavy atom. The molecule has 0 unspecified atom stereocenters. The fourth-order valence-corrected chi connectivity index (χ4v) is 2.67. The van der Waals surface area contributed by atoms with Crippen LogP contribution in [0.15, 0.2) is 24.3 Å². The minimum Gasteiger partial charge on any atom is -0.450 e. The molecule has 2 heterocycles. The van der Waals surface area contributed by atoms with E-state index in [1.54, 1.807) is 4.90 Å². The number of amides is 1. The van der Waals surface area contributed by atoms with Crippen molar-refractivity contribution in [2.24, 2.45) is 0 Å². The minimum absolute atomic E-state index is 0.226. The highest BCUT2D eigenvalue weighted by molar-refractivity contribution is 5.68. The van der Waals surface area contributed by atoms with Crippen LogP contribution < -0.4 is 5.32 Å². The average Bonchev–Trinajstić information content (AvgIpc) is 3.25. The van der Waals surface area contributed by atoms with Gasteiger partial charge in [0.25, 0.3) is 0 Å². The van der Waals surface area contributed by atoms with Gasteiger partial charge in [0, 0.05) is 31.2 Å². The SMILES string of the molecule is CCOC(=O)N1CC[C@H](NCc2cccc(-c3nn[nH]n3)c2)C1. The van der Waals surface area contributed by atoms with Crippen molar-refractivity contribution in [3.8, 4) is 11.4 Å². The van der Waals surface area contributed by atoms with E-state index < -0.39 is 0 Å². The molecule has 0 radical (unpaired) electrons. The second-order valence-corrected chi connectivity index (χ2v) is 5.45. The molecule has 2 aromatic rings. The first-order valence-electron chi connectivity index (χ1n) is 7.74. The predicted octanol–water partition coefficient (Wildman–Crippen LogP) is 1.19. The second kappa shape index (κ2) is 7.19. The van der Waals surface area contributed by atoms with Crippen LogP contribution in [-0.4, -0.2) is 57.4 Å². The lowest BCUT2D eigenvalue weighted by atomic mass is 10.1. The molecule has 1 aliphatic heterocycles. The van der Waals surface area contributed by atoms with Gasteiger partial charge in [0.05, 0.1) is 6.61 Å². The van der Waals surface area contributed by atoms with Gasteiger partial charge in [-0.15, -0.1) is 10.2 Å². The number of hydrogen-bond donors (Lipinski definition) is 2. The number of benzene rings is 1. The van der Waals surface area contributed by atoms with E-state index in [4.69, 9.17) is 4.74 Å². The van der Waals surface area contributed by atoms with Gasteiger partial charge in [0.1, 0.15) is 0 Å². The molecule has 8 heteroatoms. The van der Waals surface area contributed by atoms with Crippen LogP contribution in [-0.2, 0) is 11.3 Å². The molecule has 1 amide bonds. The van der Waals surface area contributed by atoms with Crippen molar-refractivity contribution >= 4 is 6.09 Å². The molecular formula is C15H20N6O2. The maximum absolute atomic E-state index is 11.7. The third kappa shape index (κ3) is 3.84. The first-order chi connectivity index (χ1) is 11.3. The standard InChI is InChI=1S/C15H20N6O2/c1-2-23-15(22)21-7-6-13(10-21)16-9-11-4-3-5-12(8-11)14-17-19-20-18-14/h3-5,8,13,16H,2,6-7,9-10H2,1H3,(H,17,18,19,20)/t13-/m0/s1. The number of nitrogens with one attached hydrogen (secondary N) is 2. The van der Waals surface area contributed by atoms with E-state index in [2.05, 4.69) is 32.0 Å². The largest absolute Gasteiger partial charge is 0.450 e. The molecule has 3 rings (SSSR count). The molecule has 2 N–H and O–H groups in total. The topological polar surface area (TPSA) is 96.0 Å². The Morgan fingerprint density at radius 1 is 1.52 bits per heavy atom. The number of ether oxygens (including phenoxy) is 1. The van der Waals surface area contributed by atoms with Gasteiger partial charge >= 0.3 is 6.09 Å². The molecule has 23 heavy (non-hydrogen) atoms. The van der Waals surface area contributed by atoms with Crippen molar-refractivity contribution in [2.75, 3.05) is 19.7 Å². The summed E-state index contributed by atoms with van der Waals surface area (Å²) < 4.78 is 5.03. The Morgan fingerprint density at radius 2 is 2.43 bits per heavy atom. The molecule has 1 saturated heterocycles. The van der Waals surface area contributed by atoms with Gasteiger partial charge in [0.2, 0.25) is 5.82 Å². The smallest absolute Gasteiger partial charge is 0.409 e. The van der Waals surface area contributed by atoms with Gasteiger partial charge in [-0.05, 0) is 30.2 Å². The number of H-pyrrole nitrogens is 1. The fourth-order valence-electron chi connectivity index (χ4n) is 2.67. The Balaban J connectivity index is 1.53. The summed E-state index contributed by atoms with van der Waals surface area (Å²) in [6.45, 7) is 4.38. The molecule has 0 spiro atoms. The van der Waals surface area contributed by atoms with Crippen LogP contribution in [0.5, 0.6) is 0 Å². The van der Waals surface area contributed by atoms with Crippen LogP contribution in [0, 0.1) is 0 Å². The van der Waals surface area contributed by atoms with Gasteiger partial charge < -0.3 is 15.0 Å². The van der Waals surface area contributed by atoms with E-state index in [0.29, 0.717) is 19.0 Å². The fraction of sp³-hybridized carbons (Fsp3) is 0.467. The van der Waals surface area contributed by atoms with Gasteiger partial charge in [-0.2, -0.15) is 5.21 Å². The zero-order valence-electron chi connectivity index (χ0n) is 13.0. The third-order valence-electron chi connectivity index (χ3n) is 3.84. The number of carbonyl (C=O) groups excluding carboxylic acids is 1. The highest BCUT2D eigenvalue weighted by Gasteiger charge is 2.26. The highest BCUT2D eigenvalue weighted by atomic mass is 16.6. The van der Waals surface area contributed by atoms with E-state index in [1.165, 1.54) is 0 Å². The van der Waals surface area contributed by atoms with Crippen LogP contribution >= 0.6 is 0 Å². The van der Waals surface area contributed by atoms with Crippen molar-refractivity contribution in [3.05, 3.63) is 29.8 Å². The van der Waals surface area contributed by atoms with Crippen molar-refractivity contribution in [3.63, 3.8) is 0 Å². The van der Waals surface area contributed by atoms with E-state index in [-0.39, 0.29) is 12.1 Å². The summed E-state index contributed by atoms with van der Waals surface area (Å²) >= 11 is 0. The summed E-state index contributed by atoms with van der Waals surface area (Å²) in [6, 6.07) is 8.30. The maximum Gasteiger partial charge on any atom is 0.409 e. The van der Waals surface area contributed by atoms with Crippen molar-refractivity contribution < 1.29 is 9.53 Å². The van der Waals surface area contributed by atoms with Crippen LogP contribution in [0.4, 0.5) is 4.79 Å². The summed E-state index contributed by atoms with van der Waals surface area (Å²) in [5, 5.41) is 17.5. The quantitative estimate of drug-likeness (QED) is 0.860. The Bertz CT molecular complexity index is 645. The monoisotopic (exact) mass is 316 g/mol. The van der Waals surface area contributed by atoms with E-state index >= 15 is 0 Å². The number of aromatic amines is 1. The lowest BCUT2D eigenvalue weighted by molar-refractivity contribution is 0.115. The van der Waals surface area contributed by atoms with Crippen LogP contribution in [0.2, 0.25) is 0 Å². The number of hydrogen-bond acceptors (Lipinski definition) is 6. The Labute approximate surface area is 134 Å². The summed E-state index contributed by atoms with van der Waals surface area (Å²) in [6.07, 6.45) is 0.708. The zero-order valence-corrected chi connectivity index (χ0v) is 13.0. The van der Waals surface area contributed by atoms with E-state index in [0.717, 1.165) is 30.6 Å². The van der Waals surface area contributed by atoms with Crippen molar-refractivity contribution in [1.82, 2.24) is 30.8 Å². The maximum atomic E-state index is 11.7. The summed E-state index contributed by atoms with van der Waals surface area (Å²) in [5.41, 5.74) is 2.07. The molecule has 1 atom stereocenters. The van der Waals surface area contributed by atoms with Crippen molar-refractivity contribution in [2.45, 2.75) is 25.9 Å². The van der Waals surface area contributed by atoms with E-state index in [1.807, 2.05) is 25.1 Å². The molecule has 0 aliphatic carbocycles. The van der Waals surface area contributed by atoms with Gasteiger partial charge in [-0.3, -0.25) is 0 Å². The molecule has 8 nitrogen and oxygen atoms in total. The summed E-state index contributed by atoms with van der Waals surface area (Å²) in [5.74, 6) is 0.584. The number of aromatic nitrogens is 4. The van der Waals surface area contributed by atoms with Gasteiger partial charge in [-0.25, -0.2) is 4.79 Å². The Hall–Kier alpha value is -2.48. The van der Waals surface area contributed by atoms with E-state index in [9.17, 15) is 4.79 Å². The molecule has 1 aromatic carbocycles. The van der Waals surface area contributed by atoms with Crippen LogP contribution in [0.25, 0.3) is 11.4 Å². The first-order valence-corrected chi connectivity index (χ1v) is 7.74. The average molecular weight is 316 g/mol. The Kier molecular flexibility index (Phi) is 4.82. The van der Waals surface area contributed by atoms with Crippen molar-refractivity contribution in [1.29, 1.82) is 0 Å². The minimum atomic E-state index is -0.226. The highest BCUT2D eigenvalue weighted by Crippen LogP contribution is 2.16. The molecule has 0 bridgehead atoms. The number of nitrogens with zero attached hydrogens (tertiary/aromatic N) is 4. The third-order valence-corrected chi connectivity index (χ3v) is 3.84. The number of tetrazole rings is 1. The molecular weight excluding hydrogens is 296 g/mol. The van der Waals surface area contributed by atoms with Gasteiger partial charge in [-0.1, -0.05) is 18.2 Å². The summed E-state index contributed by atoms with van der Waals surface area (Å²) in [7, 11) is 0. The lowest BCUT2D eigenvalue weighted by Crippen LogP contribution is -2.35. The molecule has 1 aliphatic rings. The van der Waals surface area contributed by atoms with Crippen LogP contribution in [0.3, 0.4) is 0 Å². The molecule has 122 valence electrons. The lowest BCUT2D eigenvalue weighted by Gasteiger charge is -2.16. The van der Waals surface area contributed by atoms with Crippen LogP contribution in [0.1, 0.15) is 18.9 Å². The zero-order chi connectivity index (χ0) is 16.1. The second-order valence-electron chi connectivity index (χ2n) is 5.45. The number of likely N-dealkylation sites (tertiary alicyclic amines) is 1. The number of rotatable bonds is 5. The molecule has 0 saturated carbocycles.